The largest absolute Gasteiger partial charge is 0.261 e. The van der Waals surface area contributed by atoms with Gasteiger partial charge in [-0.3, -0.25) is 4.98 Å². The zero-order chi connectivity index (χ0) is 8.55. The van der Waals surface area contributed by atoms with E-state index in [-0.39, 0.29) is 0 Å². The van der Waals surface area contributed by atoms with Gasteiger partial charge in [0.15, 0.2) is 0 Å². The van der Waals surface area contributed by atoms with Gasteiger partial charge in [-0.1, -0.05) is 18.2 Å². The van der Waals surface area contributed by atoms with Crippen molar-refractivity contribution >= 4 is 10.8 Å². The summed E-state index contributed by atoms with van der Waals surface area (Å²) in [5.74, 6) is 0. The summed E-state index contributed by atoms with van der Waals surface area (Å²) in [5.41, 5.74) is 2.10. The predicted octanol–water partition coefficient (Wildman–Crippen LogP) is 2.73. The first-order valence-electron chi connectivity index (χ1n) is 3.94. The number of fused-ring (bicyclic) bond motifs is 1. The van der Waals surface area contributed by atoms with Crippen molar-refractivity contribution in [2.75, 3.05) is 0 Å². The Balaban J connectivity index is 2.80. The van der Waals surface area contributed by atoms with Crippen LogP contribution in [0.1, 0.15) is 11.3 Å². The summed E-state index contributed by atoms with van der Waals surface area (Å²) >= 11 is 0. The van der Waals surface area contributed by atoms with Gasteiger partial charge >= 0.3 is 0 Å². The van der Waals surface area contributed by atoms with Gasteiger partial charge in [0.1, 0.15) is 0 Å². The Morgan fingerprint density at radius 1 is 1.17 bits per heavy atom. The molecule has 12 heavy (non-hydrogen) atoms. The van der Waals surface area contributed by atoms with Crippen molar-refractivity contribution < 1.29 is 0 Å². The molecule has 0 aliphatic rings. The van der Waals surface area contributed by atoms with E-state index in [1.165, 1.54) is 10.8 Å². The Bertz CT molecular complexity index is 382. The second kappa shape index (κ2) is 2.59. The maximum atomic E-state index is 4.22. The third-order valence-electron chi connectivity index (χ3n) is 1.92. The average Bonchev–Trinajstić information content (AvgIpc) is 2.03. The van der Waals surface area contributed by atoms with Crippen molar-refractivity contribution in [3.8, 4) is 0 Å². The highest BCUT2D eigenvalue weighted by atomic mass is 14.6. The lowest BCUT2D eigenvalue weighted by molar-refractivity contribution is 1.22. The van der Waals surface area contributed by atoms with E-state index in [1.807, 2.05) is 25.3 Å². The van der Waals surface area contributed by atoms with Crippen LogP contribution in [-0.4, -0.2) is 4.98 Å². The smallest absolute Gasteiger partial charge is 0.0379 e. The molecule has 1 radical (unpaired) electrons. The molecule has 59 valence electrons. The first kappa shape index (κ1) is 7.29. The minimum atomic E-state index is 1.05. The van der Waals surface area contributed by atoms with Crippen LogP contribution in [0.3, 0.4) is 0 Å². The van der Waals surface area contributed by atoms with Crippen LogP contribution in [0.25, 0.3) is 10.8 Å². The molecule has 0 atom stereocenters. The molecule has 0 aliphatic heterocycles. The van der Waals surface area contributed by atoms with Crippen molar-refractivity contribution in [2.24, 2.45) is 0 Å². The number of aromatic nitrogens is 1. The summed E-state index contributed by atoms with van der Waals surface area (Å²) in [5, 5.41) is 2.39. The molecule has 0 saturated heterocycles. The number of hydrogen-bond acceptors (Lipinski definition) is 1. The number of pyridine rings is 1. The van der Waals surface area contributed by atoms with E-state index in [4.69, 9.17) is 0 Å². The summed E-state index contributed by atoms with van der Waals surface area (Å²) in [4.78, 5) is 4.22. The lowest BCUT2D eigenvalue weighted by atomic mass is 10.1. The van der Waals surface area contributed by atoms with Crippen LogP contribution in [-0.2, 0) is 0 Å². The maximum absolute atomic E-state index is 4.22. The van der Waals surface area contributed by atoms with Gasteiger partial charge in [-0.15, -0.1) is 0 Å². The van der Waals surface area contributed by atoms with Crippen molar-refractivity contribution in [3.63, 3.8) is 0 Å². The third-order valence-corrected chi connectivity index (χ3v) is 1.92. The molecule has 2 aromatic rings. The monoisotopic (exact) mass is 156 g/mol. The number of rotatable bonds is 0. The van der Waals surface area contributed by atoms with E-state index in [9.17, 15) is 0 Å². The first-order chi connectivity index (χ1) is 5.75. The van der Waals surface area contributed by atoms with E-state index >= 15 is 0 Å². The molecule has 0 saturated carbocycles. The van der Waals surface area contributed by atoms with Crippen molar-refractivity contribution in [2.45, 2.75) is 6.92 Å². The Morgan fingerprint density at radius 3 is 2.83 bits per heavy atom. The quantitative estimate of drug-likeness (QED) is 0.571. The van der Waals surface area contributed by atoms with Gasteiger partial charge in [0, 0.05) is 17.3 Å². The van der Waals surface area contributed by atoms with E-state index < -0.39 is 0 Å². The van der Waals surface area contributed by atoms with Crippen LogP contribution in [0, 0.1) is 13.8 Å². The van der Waals surface area contributed by atoms with Gasteiger partial charge in [0.25, 0.3) is 0 Å². The molecule has 0 aliphatic carbocycles. The zero-order valence-corrected chi connectivity index (χ0v) is 7.04. The van der Waals surface area contributed by atoms with Crippen LogP contribution >= 0.6 is 0 Å². The standard InChI is InChI=1S/C11H10N/c1-8-3-4-10-7-12-9(2)6-11(10)5-8/h3-7H,1H2,2H3. The fraction of sp³-hybridized carbons (Fsp3) is 0.0909. The highest BCUT2D eigenvalue weighted by Crippen LogP contribution is 2.15. The molecule has 1 heterocycles. The minimum absolute atomic E-state index is 1.05. The molecule has 2 rings (SSSR count). The van der Waals surface area contributed by atoms with E-state index in [0.29, 0.717) is 0 Å². The van der Waals surface area contributed by atoms with Crippen LogP contribution in [0.4, 0.5) is 0 Å². The van der Waals surface area contributed by atoms with Gasteiger partial charge in [-0.2, -0.15) is 0 Å². The molecular formula is C11H10N. The zero-order valence-electron chi connectivity index (χ0n) is 7.04. The van der Waals surface area contributed by atoms with E-state index in [0.717, 1.165) is 11.3 Å². The molecule has 1 heteroatoms. The Labute approximate surface area is 72.1 Å². The van der Waals surface area contributed by atoms with Gasteiger partial charge in [-0.05, 0) is 30.9 Å². The Morgan fingerprint density at radius 2 is 2.00 bits per heavy atom. The molecular weight excluding hydrogens is 146 g/mol. The summed E-state index contributed by atoms with van der Waals surface area (Å²) in [6.07, 6.45) is 1.89. The molecule has 0 amide bonds. The van der Waals surface area contributed by atoms with Crippen LogP contribution < -0.4 is 0 Å². The van der Waals surface area contributed by atoms with Gasteiger partial charge in [0.05, 0.1) is 0 Å². The first-order valence-corrected chi connectivity index (χ1v) is 3.94. The van der Waals surface area contributed by atoms with Crippen LogP contribution in [0.5, 0.6) is 0 Å². The molecule has 0 spiro atoms. The highest BCUT2D eigenvalue weighted by Gasteiger charge is 1.93. The molecule has 1 aromatic heterocycles. The lowest BCUT2D eigenvalue weighted by Gasteiger charge is -1.99. The number of benzene rings is 1. The van der Waals surface area contributed by atoms with Gasteiger partial charge in [0.2, 0.25) is 0 Å². The number of aryl methyl sites for hydroxylation is 1. The molecule has 0 fully saturated rings. The molecule has 0 unspecified atom stereocenters. The van der Waals surface area contributed by atoms with Crippen molar-refractivity contribution in [1.82, 2.24) is 4.98 Å². The SMILES string of the molecule is [CH2]c1ccc2cnc(C)cc2c1. The van der Waals surface area contributed by atoms with Crippen LogP contribution in [0.15, 0.2) is 30.5 Å². The second-order valence-corrected chi connectivity index (χ2v) is 3.01. The topological polar surface area (TPSA) is 12.9 Å². The van der Waals surface area contributed by atoms with Gasteiger partial charge in [-0.25, -0.2) is 0 Å². The van der Waals surface area contributed by atoms with E-state index in [1.54, 1.807) is 0 Å². The highest BCUT2D eigenvalue weighted by molar-refractivity contribution is 5.82. The number of nitrogens with zero attached hydrogens (tertiary/aromatic N) is 1. The third kappa shape index (κ3) is 1.18. The minimum Gasteiger partial charge on any atom is -0.261 e. The summed E-state index contributed by atoms with van der Waals surface area (Å²) < 4.78 is 0. The Hall–Kier alpha value is -1.37. The summed E-state index contributed by atoms with van der Waals surface area (Å²) in [7, 11) is 0. The molecule has 0 bridgehead atoms. The maximum Gasteiger partial charge on any atom is 0.0379 e. The van der Waals surface area contributed by atoms with Gasteiger partial charge < -0.3 is 0 Å². The molecule has 0 N–H and O–H groups in total. The fourth-order valence-electron chi connectivity index (χ4n) is 1.30. The summed E-state index contributed by atoms with van der Waals surface area (Å²) in [6, 6.07) is 8.19. The predicted molar refractivity (Wildman–Crippen MR) is 50.9 cm³/mol. The second-order valence-electron chi connectivity index (χ2n) is 3.01. The molecule has 1 aromatic carbocycles. The van der Waals surface area contributed by atoms with Crippen molar-refractivity contribution in [3.05, 3.63) is 48.6 Å². The normalized spacial score (nSPS) is 10.5. The fourth-order valence-corrected chi connectivity index (χ4v) is 1.30. The average molecular weight is 156 g/mol. The molecule has 1 nitrogen and oxygen atoms in total. The van der Waals surface area contributed by atoms with E-state index in [2.05, 4.69) is 24.0 Å². The lowest BCUT2D eigenvalue weighted by Crippen LogP contribution is -1.81. The van der Waals surface area contributed by atoms with Crippen molar-refractivity contribution in [1.29, 1.82) is 0 Å². The number of hydrogen-bond donors (Lipinski definition) is 0. The summed E-state index contributed by atoms with van der Waals surface area (Å²) in [6.45, 7) is 5.88. The van der Waals surface area contributed by atoms with Crippen LogP contribution in [0.2, 0.25) is 0 Å². The Kier molecular flexibility index (Phi) is 1.58.